The van der Waals surface area contributed by atoms with Crippen molar-refractivity contribution in [3.05, 3.63) is 11.6 Å². The van der Waals surface area contributed by atoms with Gasteiger partial charge < -0.3 is 35.0 Å². The summed E-state index contributed by atoms with van der Waals surface area (Å²) in [7, 11) is 0. The van der Waals surface area contributed by atoms with Gasteiger partial charge in [0.1, 0.15) is 23.7 Å². The molecule has 0 aromatic rings. The van der Waals surface area contributed by atoms with Crippen molar-refractivity contribution in [2.24, 2.45) is 50.2 Å². The summed E-state index contributed by atoms with van der Waals surface area (Å²) in [5.74, 6) is -0.253. The molecule has 0 bridgehead atoms. The minimum Gasteiger partial charge on any atom is -0.481 e. The van der Waals surface area contributed by atoms with Gasteiger partial charge >= 0.3 is 5.97 Å². The second-order valence-electron chi connectivity index (χ2n) is 17.5. The Morgan fingerprint density at radius 3 is 2.26 bits per heavy atom. The number of hydrogen-bond acceptors (Lipinski definition) is 7. The molecule has 6 rings (SSSR count). The lowest BCUT2D eigenvalue weighted by atomic mass is 9.33. The molecule has 1 aliphatic heterocycles. The van der Waals surface area contributed by atoms with Crippen molar-refractivity contribution in [3.63, 3.8) is 0 Å². The Morgan fingerprint density at radius 2 is 1.58 bits per heavy atom. The highest BCUT2D eigenvalue weighted by atomic mass is 16.7. The van der Waals surface area contributed by atoms with Crippen molar-refractivity contribution in [1.29, 1.82) is 0 Å². The van der Waals surface area contributed by atoms with Crippen LogP contribution in [-0.2, 0) is 14.3 Å². The van der Waals surface area contributed by atoms with E-state index in [-0.39, 0.29) is 45.7 Å². The zero-order valence-electron chi connectivity index (χ0n) is 27.3. The van der Waals surface area contributed by atoms with Crippen LogP contribution in [0.2, 0.25) is 0 Å². The predicted octanol–water partition coefficient (Wildman–Crippen LogP) is 4.67. The van der Waals surface area contributed by atoms with E-state index in [0.717, 1.165) is 44.9 Å². The molecule has 0 radical (unpaired) electrons. The highest BCUT2D eigenvalue weighted by molar-refractivity contribution is 5.77. The fourth-order valence-electron chi connectivity index (χ4n) is 12.0. The van der Waals surface area contributed by atoms with Gasteiger partial charge in [0, 0.05) is 0 Å². The maximum absolute atomic E-state index is 13.0. The van der Waals surface area contributed by atoms with Gasteiger partial charge in [-0.1, -0.05) is 60.1 Å². The van der Waals surface area contributed by atoms with Crippen LogP contribution in [0.1, 0.15) is 106 Å². The molecule has 5 aliphatic carbocycles. The quantitative estimate of drug-likeness (QED) is 0.232. The van der Waals surface area contributed by atoms with Gasteiger partial charge in [0.25, 0.3) is 0 Å². The Hall–Kier alpha value is -1.03. The van der Waals surface area contributed by atoms with Gasteiger partial charge in [0.05, 0.1) is 18.8 Å². The molecule has 244 valence electrons. The van der Waals surface area contributed by atoms with Gasteiger partial charge in [-0.15, -0.1) is 0 Å². The minimum atomic E-state index is -1.30. The van der Waals surface area contributed by atoms with E-state index >= 15 is 0 Å². The lowest BCUT2D eigenvalue weighted by Gasteiger charge is -2.71. The molecule has 0 aromatic heterocycles. The Bertz CT molecular complexity index is 1160. The van der Waals surface area contributed by atoms with Gasteiger partial charge in [-0.05, 0) is 103 Å². The van der Waals surface area contributed by atoms with Crippen molar-refractivity contribution in [2.75, 3.05) is 6.61 Å². The summed E-state index contributed by atoms with van der Waals surface area (Å²) in [6, 6.07) is 0. The van der Waals surface area contributed by atoms with Crippen LogP contribution in [0.3, 0.4) is 0 Å². The molecule has 1 heterocycles. The summed E-state index contributed by atoms with van der Waals surface area (Å²) in [6.07, 6.45) is 4.00. The minimum absolute atomic E-state index is 0.0151. The van der Waals surface area contributed by atoms with E-state index in [1.54, 1.807) is 0 Å². The first-order valence-electron chi connectivity index (χ1n) is 16.8. The summed E-state index contributed by atoms with van der Waals surface area (Å²) < 4.78 is 12.1. The number of aliphatic hydroxyl groups excluding tert-OH is 4. The van der Waals surface area contributed by atoms with Crippen LogP contribution in [0.5, 0.6) is 0 Å². The smallest absolute Gasteiger partial charge is 0.312 e. The summed E-state index contributed by atoms with van der Waals surface area (Å²) in [5, 5.41) is 53.2. The van der Waals surface area contributed by atoms with E-state index in [1.807, 2.05) is 0 Å². The third kappa shape index (κ3) is 4.25. The number of carbonyl (C=O) groups is 1. The molecule has 1 saturated heterocycles. The summed E-state index contributed by atoms with van der Waals surface area (Å²) in [6.45, 7) is 16.2. The second-order valence-corrected chi connectivity index (χ2v) is 17.5. The number of fused-ring (bicyclic) bond motifs is 7. The van der Waals surface area contributed by atoms with E-state index in [9.17, 15) is 30.3 Å². The van der Waals surface area contributed by atoms with Crippen LogP contribution in [0.25, 0.3) is 0 Å². The third-order valence-electron chi connectivity index (χ3n) is 14.8. The molecule has 8 nitrogen and oxygen atoms in total. The summed E-state index contributed by atoms with van der Waals surface area (Å²) in [5.41, 5.74) is -0.331. The average Bonchev–Trinajstić information content (AvgIpc) is 2.90. The maximum atomic E-state index is 13.0. The zero-order valence-corrected chi connectivity index (χ0v) is 27.3. The molecule has 0 spiro atoms. The number of carboxylic acids is 1. The Morgan fingerprint density at radius 1 is 0.884 bits per heavy atom. The molecule has 8 heteroatoms. The first-order valence-corrected chi connectivity index (χ1v) is 16.8. The Labute approximate surface area is 257 Å². The number of aliphatic carboxylic acids is 1. The maximum Gasteiger partial charge on any atom is 0.312 e. The lowest BCUT2D eigenvalue weighted by Crippen LogP contribution is -2.67. The molecule has 0 unspecified atom stereocenters. The van der Waals surface area contributed by atoms with Gasteiger partial charge in [0.15, 0.2) is 6.29 Å². The molecular formula is C35H56O8. The number of hydrogen-bond donors (Lipinski definition) is 5. The standard InChI is InChI=1S/C35H56O8/c1-30(2)14-15-35(29(40)41)20(16-30)19-8-9-23-32(5)12-11-25(43-28-27(39)26(38)21(36)18-42-28)31(3,4)22(32)10-13-33(23,6)34(19,7)17-24(35)37/h8,20-28,36-39H,9-18H2,1-7H3,(H,40,41)/t20-,21-,22-,23+,24+,25-,26-,27+,28-,32-,33+,34+,35+/m0/s1. The predicted molar refractivity (Wildman–Crippen MR) is 161 cm³/mol. The van der Waals surface area contributed by atoms with Gasteiger partial charge in [-0.25, -0.2) is 0 Å². The molecule has 0 aromatic carbocycles. The van der Waals surface area contributed by atoms with Gasteiger partial charge in [-0.2, -0.15) is 0 Å². The van der Waals surface area contributed by atoms with Crippen molar-refractivity contribution in [1.82, 2.24) is 0 Å². The van der Waals surface area contributed by atoms with E-state index in [1.165, 1.54) is 5.57 Å². The van der Waals surface area contributed by atoms with E-state index in [4.69, 9.17) is 9.47 Å². The SMILES string of the molecule is CC1(C)CC[C@]2(C(=O)O)[C@H](O)C[C@]3(C)C(=CC[C@@H]4[C@@]5(C)CC[C@H](O[C@@H]6OC[C@H](O)[C@H](O)[C@H]6O)C(C)(C)[C@@H]5CC[C@]43C)[C@@H]2C1. The summed E-state index contributed by atoms with van der Waals surface area (Å²) in [4.78, 5) is 13.0. The van der Waals surface area contributed by atoms with Crippen LogP contribution in [0.15, 0.2) is 11.6 Å². The van der Waals surface area contributed by atoms with Crippen LogP contribution >= 0.6 is 0 Å². The van der Waals surface area contributed by atoms with Crippen molar-refractivity contribution < 1.29 is 39.8 Å². The van der Waals surface area contributed by atoms with Crippen molar-refractivity contribution >= 4 is 5.97 Å². The van der Waals surface area contributed by atoms with Crippen LogP contribution in [-0.4, -0.2) is 74.9 Å². The number of aliphatic hydroxyl groups is 4. The summed E-state index contributed by atoms with van der Waals surface area (Å²) >= 11 is 0. The molecule has 5 N–H and O–H groups in total. The van der Waals surface area contributed by atoms with E-state index in [0.29, 0.717) is 24.7 Å². The molecule has 6 aliphatic rings. The van der Waals surface area contributed by atoms with E-state index < -0.39 is 42.1 Å². The van der Waals surface area contributed by atoms with Crippen LogP contribution in [0, 0.1) is 50.2 Å². The Balaban J connectivity index is 1.32. The van der Waals surface area contributed by atoms with Crippen LogP contribution < -0.4 is 0 Å². The highest BCUT2D eigenvalue weighted by Gasteiger charge is 2.71. The molecule has 13 atom stereocenters. The highest BCUT2D eigenvalue weighted by Crippen LogP contribution is 2.76. The first-order chi connectivity index (χ1) is 19.8. The van der Waals surface area contributed by atoms with Crippen molar-refractivity contribution in [2.45, 2.75) is 143 Å². The fourth-order valence-corrected chi connectivity index (χ4v) is 12.0. The molecular weight excluding hydrogens is 548 g/mol. The van der Waals surface area contributed by atoms with Gasteiger partial charge in [0.2, 0.25) is 0 Å². The van der Waals surface area contributed by atoms with Gasteiger partial charge in [-0.3, -0.25) is 4.79 Å². The largest absolute Gasteiger partial charge is 0.481 e. The lowest BCUT2D eigenvalue weighted by molar-refractivity contribution is -0.308. The fraction of sp³-hybridized carbons (Fsp3) is 0.914. The zero-order chi connectivity index (χ0) is 31.5. The average molecular weight is 605 g/mol. The van der Waals surface area contributed by atoms with E-state index in [2.05, 4.69) is 54.5 Å². The number of ether oxygens (including phenoxy) is 2. The molecule has 43 heavy (non-hydrogen) atoms. The second kappa shape index (κ2) is 9.98. The number of carboxylic acid groups (broad SMARTS) is 1. The van der Waals surface area contributed by atoms with Crippen molar-refractivity contribution in [3.8, 4) is 0 Å². The molecule has 0 amide bonds. The monoisotopic (exact) mass is 604 g/mol. The Kier molecular flexibility index (Phi) is 7.41. The normalized spacial score (nSPS) is 53.8. The molecule has 5 fully saturated rings. The number of allylic oxidation sites excluding steroid dienone is 2. The molecule has 4 saturated carbocycles. The third-order valence-corrected chi connectivity index (χ3v) is 14.8. The topological polar surface area (TPSA) is 137 Å². The van der Waals surface area contributed by atoms with Crippen LogP contribution in [0.4, 0.5) is 0 Å². The number of rotatable bonds is 3. The first kappa shape index (κ1) is 31.9.